The Morgan fingerprint density at radius 1 is 1.40 bits per heavy atom. The third-order valence-corrected chi connectivity index (χ3v) is 4.14. The van der Waals surface area contributed by atoms with Gasteiger partial charge < -0.3 is 9.88 Å². The largest absolute Gasteiger partial charge is 0.353 e. The van der Waals surface area contributed by atoms with Crippen molar-refractivity contribution in [3.63, 3.8) is 0 Å². The molecule has 1 aliphatic rings. The summed E-state index contributed by atoms with van der Waals surface area (Å²) in [6, 6.07) is 8.09. The number of amides is 1. The van der Waals surface area contributed by atoms with Gasteiger partial charge in [-0.15, -0.1) is 0 Å². The van der Waals surface area contributed by atoms with Gasteiger partial charge in [-0.05, 0) is 24.1 Å². The first-order valence-electron chi connectivity index (χ1n) is 6.73. The van der Waals surface area contributed by atoms with Crippen LogP contribution >= 0.6 is 15.9 Å². The molecule has 1 atom stereocenters. The van der Waals surface area contributed by atoms with E-state index in [0.717, 1.165) is 29.4 Å². The molecule has 1 amide bonds. The van der Waals surface area contributed by atoms with Crippen LogP contribution in [0.25, 0.3) is 0 Å². The van der Waals surface area contributed by atoms with Gasteiger partial charge in [0.1, 0.15) is 0 Å². The van der Waals surface area contributed by atoms with E-state index in [1.54, 1.807) is 0 Å². The number of hydrogen-bond donors (Lipinski definition) is 1. The lowest BCUT2D eigenvalue weighted by Crippen LogP contribution is -2.40. The zero-order valence-corrected chi connectivity index (χ0v) is 12.6. The summed E-state index contributed by atoms with van der Waals surface area (Å²) in [6.45, 7) is 0.929. The normalized spacial score (nSPS) is 17.6. The topological polar surface area (TPSA) is 46.9 Å². The van der Waals surface area contributed by atoms with Crippen LogP contribution in [-0.4, -0.2) is 21.5 Å². The van der Waals surface area contributed by atoms with E-state index >= 15 is 0 Å². The Labute approximate surface area is 126 Å². The maximum absolute atomic E-state index is 12.1. The van der Waals surface area contributed by atoms with E-state index in [4.69, 9.17) is 0 Å². The third kappa shape index (κ3) is 3.10. The Hall–Kier alpha value is -1.62. The molecule has 2 aromatic rings. The number of imidazole rings is 1. The second kappa shape index (κ2) is 5.79. The molecule has 2 heterocycles. The molecule has 1 aliphatic heterocycles. The fourth-order valence-electron chi connectivity index (χ4n) is 2.56. The van der Waals surface area contributed by atoms with Crippen molar-refractivity contribution >= 4 is 21.8 Å². The number of benzene rings is 1. The Kier molecular flexibility index (Phi) is 3.87. The fourth-order valence-corrected chi connectivity index (χ4v) is 2.82. The minimum atomic E-state index is 0.0882. The number of halogens is 1. The molecule has 0 spiro atoms. The summed E-state index contributed by atoms with van der Waals surface area (Å²) in [4.78, 5) is 16.2. The van der Waals surface area contributed by atoms with Crippen molar-refractivity contribution < 1.29 is 4.79 Å². The van der Waals surface area contributed by atoms with Crippen molar-refractivity contribution in [3.8, 4) is 0 Å². The van der Waals surface area contributed by atoms with Gasteiger partial charge in [0.25, 0.3) is 0 Å². The highest BCUT2D eigenvalue weighted by molar-refractivity contribution is 9.10. The number of fused-ring (bicyclic) bond motifs is 1. The van der Waals surface area contributed by atoms with Gasteiger partial charge >= 0.3 is 0 Å². The Balaban J connectivity index is 1.56. The first-order chi connectivity index (χ1) is 9.70. The summed E-state index contributed by atoms with van der Waals surface area (Å²) < 4.78 is 3.18. The van der Waals surface area contributed by atoms with Gasteiger partial charge in [-0.1, -0.05) is 28.1 Å². The Morgan fingerprint density at radius 3 is 3.00 bits per heavy atom. The SMILES string of the molecule is O=C(Cc1ccc(Br)cc1)NC1CCn2cncc2C1. The lowest BCUT2D eigenvalue weighted by Gasteiger charge is -2.24. The van der Waals surface area contributed by atoms with Crippen LogP contribution < -0.4 is 5.32 Å². The minimum absolute atomic E-state index is 0.0882. The molecule has 0 radical (unpaired) electrons. The van der Waals surface area contributed by atoms with Crippen molar-refractivity contribution in [2.24, 2.45) is 0 Å². The summed E-state index contributed by atoms with van der Waals surface area (Å²) in [5.41, 5.74) is 2.23. The lowest BCUT2D eigenvalue weighted by atomic mass is 10.0. The molecule has 0 fully saturated rings. The van der Waals surface area contributed by atoms with E-state index in [2.05, 4.69) is 30.8 Å². The first kappa shape index (κ1) is 13.4. The molecule has 1 aromatic carbocycles. The monoisotopic (exact) mass is 333 g/mol. The zero-order chi connectivity index (χ0) is 13.9. The van der Waals surface area contributed by atoms with Gasteiger partial charge in [0, 0.05) is 35.4 Å². The number of nitrogens with zero attached hydrogens (tertiary/aromatic N) is 2. The molecule has 20 heavy (non-hydrogen) atoms. The van der Waals surface area contributed by atoms with Gasteiger partial charge in [-0.25, -0.2) is 4.98 Å². The lowest BCUT2D eigenvalue weighted by molar-refractivity contribution is -0.121. The van der Waals surface area contributed by atoms with Crippen molar-refractivity contribution in [2.75, 3.05) is 0 Å². The second-order valence-electron chi connectivity index (χ2n) is 5.14. The number of carbonyl (C=O) groups excluding carboxylic acids is 1. The van der Waals surface area contributed by atoms with E-state index in [0.29, 0.717) is 6.42 Å². The molecular weight excluding hydrogens is 318 g/mol. The molecule has 1 N–H and O–H groups in total. The highest BCUT2D eigenvalue weighted by Gasteiger charge is 2.20. The zero-order valence-electron chi connectivity index (χ0n) is 11.1. The molecule has 5 heteroatoms. The minimum Gasteiger partial charge on any atom is -0.353 e. The van der Waals surface area contributed by atoms with Crippen LogP contribution in [0.1, 0.15) is 17.7 Å². The third-order valence-electron chi connectivity index (χ3n) is 3.62. The molecular formula is C15H16BrN3O. The summed E-state index contributed by atoms with van der Waals surface area (Å²) in [5.74, 6) is 0.0882. The van der Waals surface area contributed by atoms with Crippen LogP contribution in [0.15, 0.2) is 41.3 Å². The molecule has 0 saturated heterocycles. The van der Waals surface area contributed by atoms with Crippen LogP contribution in [0, 0.1) is 0 Å². The van der Waals surface area contributed by atoms with Crippen LogP contribution in [0.4, 0.5) is 0 Å². The van der Waals surface area contributed by atoms with Gasteiger partial charge in [0.05, 0.1) is 12.7 Å². The van der Waals surface area contributed by atoms with Crippen molar-refractivity contribution in [1.82, 2.24) is 14.9 Å². The predicted octanol–water partition coefficient (Wildman–Crippen LogP) is 2.32. The average Bonchev–Trinajstić information content (AvgIpc) is 2.89. The van der Waals surface area contributed by atoms with Crippen LogP contribution in [0.5, 0.6) is 0 Å². The van der Waals surface area contributed by atoms with E-state index in [-0.39, 0.29) is 11.9 Å². The molecule has 0 aliphatic carbocycles. The number of carbonyl (C=O) groups is 1. The highest BCUT2D eigenvalue weighted by Crippen LogP contribution is 2.15. The number of hydrogen-bond acceptors (Lipinski definition) is 2. The van der Waals surface area contributed by atoms with Crippen molar-refractivity contribution in [2.45, 2.75) is 31.8 Å². The molecule has 3 rings (SSSR count). The fraction of sp³-hybridized carbons (Fsp3) is 0.333. The number of rotatable bonds is 3. The van der Waals surface area contributed by atoms with Gasteiger partial charge in [-0.3, -0.25) is 4.79 Å². The smallest absolute Gasteiger partial charge is 0.224 e. The quantitative estimate of drug-likeness (QED) is 0.936. The summed E-state index contributed by atoms with van der Waals surface area (Å²) in [7, 11) is 0. The van der Waals surface area contributed by atoms with Crippen LogP contribution in [-0.2, 0) is 24.2 Å². The summed E-state index contributed by atoms with van der Waals surface area (Å²) in [6.07, 6.45) is 6.01. The predicted molar refractivity (Wildman–Crippen MR) is 80.3 cm³/mol. The van der Waals surface area contributed by atoms with Crippen molar-refractivity contribution in [1.29, 1.82) is 0 Å². The number of aromatic nitrogens is 2. The Morgan fingerprint density at radius 2 is 2.20 bits per heavy atom. The number of aryl methyl sites for hydroxylation is 1. The Bertz CT molecular complexity index is 606. The van der Waals surface area contributed by atoms with Crippen LogP contribution in [0.3, 0.4) is 0 Å². The molecule has 0 bridgehead atoms. The molecule has 4 nitrogen and oxygen atoms in total. The maximum Gasteiger partial charge on any atom is 0.224 e. The second-order valence-corrected chi connectivity index (χ2v) is 6.05. The van der Waals surface area contributed by atoms with Crippen molar-refractivity contribution in [3.05, 3.63) is 52.5 Å². The highest BCUT2D eigenvalue weighted by atomic mass is 79.9. The van der Waals surface area contributed by atoms with Gasteiger partial charge in [0.2, 0.25) is 5.91 Å². The number of nitrogens with one attached hydrogen (secondary N) is 1. The standard InChI is InChI=1S/C15H16BrN3O/c16-12-3-1-11(2-4-12)7-15(20)18-13-5-6-19-10-17-9-14(19)8-13/h1-4,9-10,13H,5-8H2,(H,18,20). The van der Waals surface area contributed by atoms with E-state index in [1.807, 2.05) is 36.8 Å². The van der Waals surface area contributed by atoms with E-state index < -0.39 is 0 Å². The first-order valence-corrected chi connectivity index (χ1v) is 7.53. The van der Waals surface area contributed by atoms with E-state index in [1.165, 1.54) is 5.69 Å². The summed E-state index contributed by atoms with van der Waals surface area (Å²) in [5, 5.41) is 3.12. The van der Waals surface area contributed by atoms with Gasteiger partial charge in [-0.2, -0.15) is 0 Å². The van der Waals surface area contributed by atoms with Gasteiger partial charge in [0.15, 0.2) is 0 Å². The van der Waals surface area contributed by atoms with Crippen LogP contribution in [0.2, 0.25) is 0 Å². The molecule has 1 unspecified atom stereocenters. The summed E-state index contributed by atoms with van der Waals surface area (Å²) >= 11 is 3.39. The molecule has 104 valence electrons. The van der Waals surface area contributed by atoms with E-state index in [9.17, 15) is 4.79 Å². The maximum atomic E-state index is 12.1. The average molecular weight is 334 g/mol. The molecule has 1 aromatic heterocycles. The molecule has 0 saturated carbocycles.